The molecule has 0 aromatic heterocycles. The monoisotopic (exact) mass is 169 g/mol. The molecular weight excluding hydrogens is 150 g/mol. The van der Waals surface area contributed by atoms with Crippen LogP contribution >= 0.6 is 0 Å². The SMILES string of the molecule is OCCN(C1CCCC1)C1CC1. The van der Waals surface area contributed by atoms with E-state index >= 15 is 0 Å². The summed E-state index contributed by atoms with van der Waals surface area (Å²) in [6.45, 7) is 1.25. The lowest BCUT2D eigenvalue weighted by molar-refractivity contribution is 0.144. The van der Waals surface area contributed by atoms with Crippen molar-refractivity contribution in [3.63, 3.8) is 0 Å². The van der Waals surface area contributed by atoms with Crippen molar-refractivity contribution in [2.75, 3.05) is 13.2 Å². The summed E-state index contributed by atoms with van der Waals surface area (Å²) in [6.07, 6.45) is 8.29. The molecule has 0 bridgehead atoms. The van der Waals surface area contributed by atoms with Crippen molar-refractivity contribution in [2.24, 2.45) is 0 Å². The van der Waals surface area contributed by atoms with Gasteiger partial charge in [0.15, 0.2) is 0 Å². The molecule has 12 heavy (non-hydrogen) atoms. The van der Waals surface area contributed by atoms with Crippen LogP contribution in [-0.4, -0.2) is 35.2 Å². The second-order valence-corrected chi connectivity index (χ2v) is 4.13. The third kappa shape index (κ3) is 1.80. The Morgan fingerprint density at radius 1 is 1.00 bits per heavy atom. The number of aliphatic hydroxyl groups is 1. The highest BCUT2D eigenvalue weighted by molar-refractivity contribution is 4.90. The summed E-state index contributed by atoms with van der Waals surface area (Å²) in [4.78, 5) is 2.55. The highest BCUT2D eigenvalue weighted by Crippen LogP contribution is 2.33. The van der Waals surface area contributed by atoms with Gasteiger partial charge in [-0.25, -0.2) is 0 Å². The standard InChI is InChI=1S/C10H19NO/c12-8-7-11(10-5-6-10)9-3-1-2-4-9/h9-10,12H,1-8H2. The molecule has 2 rings (SSSR count). The Hall–Kier alpha value is -0.0800. The minimum absolute atomic E-state index is 0.340. The van der Waals surface area contributed by atoms with Gasteiger partial charge in [0.2, 0.25) is 0 Å². The molecule has 2 heteroatoms. The van der Waals surface area contributed by atoms with Gasteiger partial charge in [0, 0.05) is 18.6 Å². The lowest BCUT2D eigenvalue weighted by atomic mass is 10.2. The Kier molecular flexibility index (Phi) is 2.66. The fourth-order valence-corrected chi connectivity index (χ4v) is 2.42. The van der Waals surface area contributed by atoms with E-state index in [4.69, 9.17) is 5.11 Å². The van der Waals surface area contributed by atoms with Gasteiger partial charge in [-0.05, 0) is 25.7 Å². The zero-order valence-corrected chi connectivity index (χ0v) is 7.71. The number of hydrogen-bond donors (Lipinski definition) is 1. The number of hydrogen-bond acceptors (Lipinski definition) is 2. The molecule has 70 valence electrons. The maximum Gasteiger partial charge on any atom is 0.0558 e. The van der Waals surface area contributed by atoms with E-state index in [2.05, 4.69) is 4.90 Å². The Bertz CT molecular complexity index is 139. The van der Waals surface area contributed by atoms with Crippen LogP contribution in [0.3, 0.4) is 0 Å². The zero-order chi connectivity index (χ0) is 8.39. The van der Waals surface area contributed by atoms with Crippen LogP contribution in [0, 0.1) is 0 Å². The lowest BCUT2D eigenvalue weighted by Gasteiger charge is -2.27. The van der Waals surface area contributed by atoms with Gasteiger partial charge in [-0.1, -0.05) is 12.8 Å². The number of rotatable bonds is 4. The average molecular weight is 169 g/mol. The van der Waals surface area contributed by atoms with Crippen molar-refractivity contribution in [3.05, 3.63) is 0 Å². The van der Waals surface area contributed by atoms with Crippen LogP contribution in [0.15, 0.2) is 0 Å². The predicted octanol–water partition coefficient (Wildman–Crippen LogP) is 1.39. The summed E-state index contributed by atoms with van der Waals surface area (Å²) in [6, 6.07) is 1.64. The fourth-order valence-electron chi connectivity index (χ4n) is 2.42. The van der Waals surface area contributed by atoms with Crippen LogP contribution in [0.5, 0.6) is 0 Å². The molecule has 0 amide bonds. The van der Waals surface area contributed by atoms with Crippen LogP contribution in [-0.2, 0) is 0 Å². The fraction of sp³-hybridized carbons (Fsp3) is 1.00. The van der Waals surface area contributed by atoms with Crippen LogP contribution in [0.2, 0.25) is 0 Å². The molecule has 2 saturated carbocycles. The van der Waals surface area contributed by atoms with Crippen molar-refractivity contribution in [3.8, 4) is 0 Å². The van der Waals surface area contributed by atoms with Gasteiger partial charge in [-0.3, -0.25) is 4.90 Å². The van der Waals surface area contributed by atoms with Crippen LogP contribution in [0.1, 0.15) is 38.5 Å². The minimum atomic E-state index is 0.340. The Morgan fingerprint density at radius 3 is 2.08 bits per heavy atom. The van der Waals surface area contributed by atoms with E-state index in [1.165, 1.54) is 38.5 Å². The molecule has 0 spiro atoms. The van der Waals surface area contributed by atoms with E-state index in [1.807, 2.05) is 0 Å². The van der Waals surface area contributed by atoms with Crippen LogP contribution < -0.4 is 0 Å². The second-order valence-electron chi connectivity index (χ2n) is 4.13. The summed E-state index contributed by atoms with van der Waals surface area (Å²) in [7, 11) is 0. The Balaban J connectivity index is 1.85. The first-order valence-electron chi connectivity index (χ1n) is 5.28. The van der Waals surface area contributed by atoms with Crippen molar-refractivity contribution in [1.82, 2.24) is 4.90 Å². The molecular formula is C10H19NO. The first-order chi connectivity index (χ1) is 5.92. The van der Waals surface area contributed by atoms with E-state index in [1.54, 1.807) is 0 Å². The van der Waals surface area contributed by atoms with E-state index in [-0.39, 0.29) is 0 Å². The van der Waals surface area contributed by atoms with E-state index in [0.717, 1.165) is 18.6 Å². The molecule has 0 aromatic carbocycles. The third-order valence-electron chi connectivity index (χ3n) is 3.17. The first kappa shape index (κ1) is 8.52. The molecule has 2 fully saturated rings. The third-order valence-corrected chi connectivity index (χ3v) is 3.17. The van der Waals surface area contributed by atoms with Crippen molar-refractivity contribution >= 4 is 0 Å². The van der Waals surface area contributed by atoms with Crippen molar-refractivity contribution < 1.29 is 5.11 Å². The smallest absolute Gasteiger partial charge is 0.0558 e. The molecule has 0 saturated heterocycles. The Labute approximate surface area is 74.6 Å². The van der Waals surface area contributed by atoms with E-state index in [0.29, 0.717) is 6.61 Å². The normalized spacial score (nSPS) is 25.5. The predicted molar refractivity (Wildman–Crippen MR) is 49.1 cm³/mol. The van der Waals surface area contributed by atoms with Crippen molar-refractivity contribution in [2.45, 2.75) is 50.6 Å². The molecule has 1 N–H and O–H groups in total. The molecule has 0 heterocycles. The lowest BCUT2D eigenvalue weighted by Crippen LogP contribution is -2.37. The summed E-state index contributed by atoms with van der Waals surface area (Å²) in [5, 5.41) is 8.93. The molecule has 0 unspecified atom stereocenters. The Morgan fingerprint density at radius 2 is 1.58 bits per heavy atom. The van der Waals surface area contributed by atoms with Gasteiger partial charge in [0.25, 0.3) is 0 Å². The summed E-state index contributed by atoms with van der Waals surface area (Å²) in [5.74, 6) is 0. The van der Waals surface area contributed by atoms with E-state index in [9.17, 15) is 0 Å². The maximum absolute atomic E-state index is 8.93. The highest BCUT2D eigenvalue weighted by Gasteiger charge is 2.34. The van der Waals surface area contributed by atoms with Gasteiger partial charge in [0.05, 0.1) is 6.61 Å². The molecule has 2 aliphatic carbocycles. The second kappa shape index (κ2) is 3.75. The van der Waals surface area contributed by atoms with Gasteiger partial charge in [-0.2, -0.15) is 0 Å². The number of nitrogens with zero attached hydrogens (tertiary/aromatic N) is 1. The van der Waals surface area contributed by atoms with Gasteiger partial charge >= 0.3 is 0 Å². The van der Waals surface area contributed by atoms with Gasteiger partial charge < -0.3 is 5.11 Å². The number of aliphatic hydroxyl groups excluding tert-OH is 1. The molecule has 2 aliphatic rings. The molecule has 0 radical (unpaired) electrons. The topological polar surface area (TPSA) is 23.5 Å². The van der Waals surface area contributed by atoms with Gasteiger partial charge in [0.1, 0.15) is 0 Å². The van der Waals surface area contributed by atoms with Crippen LogP contribution in [0.4, 0.5) is 0 Å². The van der Waals surface area contributed by atoms with Gasteiger partial charge in [-0.15, -0.1) is 0 Å². The molecule has 0 aliphatic heterocycles. The summed E-state index contributed by atoms with van der Waals surface area (Å²) in [5.41, 5.74) is 0. The largest absolute Gasteiger partial charge is 0.395 e. The molecule has 0 aromatic rings. The minimum Gasteiger partial charge on any atom is -0.395 e. The molecule has 0 atom stereocenters. The van der Waals surface area contributed by atoms with E-state index < -0.39 is 0 Å². The molecule has 2 nitrogen and oxygen atoms in total. The summed E-state index contributed by atoms with van der Waals surface area (Å²) < 4.78 is 0. The quantitative estimate of drug-likeness (QED) is 0.687. The zero-order valence-electron chi connectivity index (χ0n) is 7.71. The average Bonchev–Trinajstić information content (AvgIpc) is 2.77. The van der Waals surface area contributed by atoms with Crippen LogP contribution in [0.25, 0.3) is 0 Å². The highest BCUT2D eigenvalue weighted by atomic mass is 16.3. The maximum atomic E-state index is 8.93. The summed E-state index contributed by atoms with van der Waals surface area (Å²) >= 11 is 0. The van der Waals surface area contributed by atoms with Crippen molar-refractivity contribution in [1.29, 1.82) is 0 Å². The first-order valence-corrected chi connectivity index (χ1v) is 5.28.